The van der Waals surface area contributed by atoms with Gasteiger partial charge in [-0.15, -0.1) is 0 Å². The number of carboxylic acids is 1. The Morgan fingerprint density at radius 3 is 2.72 bits per heavy atom. The highest BCUT2D eigenvalue weighted by atomic mass is 16.5. The molecular weight excluding hydrogens is 324 g/mol. The zero-order chi connectivity index (χ0) is 18.4. The summed E-state index contributed by atoms with van der Waals surface area (Å²) in [6.07, 6.45) is 2.02. The van der Waals surface area contributed by atoms with Crippen LogP contribution in [0, 0.1) is 0 Å². The molecule has 2 amide bonds. The average molecular weight is 348 g/mol. The summed E-state index contributed by atoms with van der Waals surface area (Å²) in [7, 11) is 0. The quantitative estimate of drug-likeness (QED) is 0.700. The average Bonchev–Trinajstić information content (AvgIpc) is 3.09. The van der Waals surface area contributed by atoms with Crippen LogP contribution in [-0.4, -0.2) is 41.1 Å². The van der Waals surface area contributed by atoms with Gasteiger partial charge in [-0.1, -0.05) is 19.4 Å². The Bertz CT molecular complexity index is 655. The summed E-state index contributed by atoms with van der Waals surface area (Å²) in [5.41, 5.74) is -0.572. The smallest absolute Gasteiger partial charge is 0.329 e. The number of benzene rings is 1. The van der Waals surface area contributed by atoms with Crippen molar-refractivity contribution in [3.05, 3.63) is 29.8 Å². The van der Waals surface area contributed by atoms with Gasteiger partial charge in [0.25, 0.3) is 11.8 Å². The lowest BCUT2D eigenvalue weighted by Crippen LogP contribution is -2.52. The normalized spacial score (nSPS) is 19.0. The molecule has 7 heteroatoms. The lowest BCUT2D eigenvalue weighted by molar-refractivity contribution is -0.144. The van der Waals surface area contributed by atoms with Crippen molar-refractivity contribution in [2.45, 2.75) is 51.2 Å². The van der Waals surface area contributed by atoms with Gasteiger partial charge in [0.1, 0.15) is 11.6 Å². The Morgan fingerprint density at radius 1 is 1.36 bits per heavy atom. The molecule has 2 rings (SSSR count). The Balaban J connectivity index is 2.07. The fourth-order valence-electron chi connectivity index (χ4n) is 2.79. The number of aliphatic carboxylic acids is 1. The van der Waals surface area contributed by atoms with Crippen LogP contribution in [0.4, 0.5) is 5.69 Å². The van der Waals surface area contributed by atoms with Gasteiger partial charge in [-0.3, -0.25) is 9.59 Å². The van der Waals surface area contributed by atoms with Crippen LogP contribution in [0.3, 0.4) is 0 Å². The predicted molar refractivity (Wildman–Crippen MR) is 92.5 cm³/mol. The van der Waals surface area contributed by atoms with Crippen molar-refractivity contribution in [2.24, 2.45) is 0 Å². The third-order valence-corrected chi connectivity index (χ3v) is 4.23. The minimum Gasteiger partial charge on any atom is -0.480 e. The van der Waals surface area contributed by atoms with E-state index in [1.807, 2.05) is 6.92 Å². The zero-order valence-electron chi connectivity index (χ0n) is 14.5. The van der Waals surface area contributed by atoms with Crippen LogP contribution in [0.15, 0.2) is 24.3 Å². The highest BCUT2D eigenvalue weighted by molar-refractivity contribution is 6.00. The number of hydrogen-bond acceptors (Lipinski definition) is 4. The first-order valence-electron chi connectivity index (χ1n) is 8.44. The van der Waals surface area contributed by atoms with Gasteiger partial charge in [0.2, 0.25) is 0 Å². The van der Waals surface area contributed by atoms with E-state index in [4.69, 9.17) is 4.74 Å². The van der Waals surface area contributed by atoms with Crippen molar-refractivity contribution in [3.63, 3.8) is 0 Å². The third-order valence-electron chi connectivity index (χ3n) is 4.23. The van der Waals surface area contributed by atoms with E-state index in [2.05, 4.69) is 10.6 Å². The minimum absolute atomic E-state index is 0.239. The number of carbonyl (C=O) groups excluding carboxylic acids is 2. The molecule has 1 heterocycles. The number of rotatable bonds is 7. The summed E-state index contributed by atoms with van der Waals surface area (Å²) in [6, 6.07) is 6.41. The van der Waals surface area contributed by atoms with E-state index in [0.29, 0.717) is 31.6 Å². The molecule has 0 radical (unpaired) electrons. The zero-order valence-corrected chi connectivity index (χ0v) is 14.5. The van der Waals surface area contributed by atoms with Gasteiger partial charge in [0.15, 0.2) is 0 Å². The topological polar surface area (TPSA) is 105 Å². The number of anilines is 1. The Morgan fingerprint density at radius 2 is 2.12 bits per heavy atom. The molecule has 2 atom stereocenters. The minimum atomic E-state index is -1.33. The second kappa shape index (κ2) is 8.11. The lowest BCUT2D eigenvalue weighted by Gasteiger charge is -2.25. The van der Waals surface area contributed by atoms with Crippen LogP contribution in [0.1, 0.15) is 49.9 Å². The molecule has 1 aliphatic heterocycles. The molecule has 136 valence electrons. The second-order valence-corrected chi connectivity index (χ2v) is 6.41. The molecule has 0 spiro atoms. The maximum Gasteiger partial charge on any atom is 0.329 e. The van der Waals surface area contributed by atoms with Gasteiger partial charge in [-0.25, -0.2) is 4.79 Å². The Labute approximate surface area is 146 Å². The molecule has 7 nitrogen and oxygen atoms in total. The number of hydrogen-bond donors (Lipinski definition) is 3. The van der Waals surface area contributed by atoms with Crippen molar-refractivity contribution in [1.29, 1.82) is 0 Å². The third kappa shape index (κ3) is 4.79. The molecule has 0 aromatic heterocycles. The van der Waals surface area contributed by atoms with E-state index in [1.54, 1.807) is 18.2 Å². The largest absolute Gasteiger partial charge is 0.480 e. The fraction of sp³-hybridized carbons (Fsp3) is 0.500. The fourth-order valence-corrected chi connectivity index (χ4v) is 2.79. The van der Waals surface area contributed by atoms with Crippen LogP contribution in [0.5, 0.6) is 0 Å². The van der Waals surface area contributed by atoms with E-state index < -0.39 is 23.5 Å². The van der Waals surface area contributed by atoms with Crippen LogP contribution in [-0.2, 0) is 14.3 Å². The van der Waals surface area contributed by atoms with Crippen LogP contribution in [0.2, 0.25) is 0 Å². The van der Waals surface area contributed by atoms with E-state index in [0.717, 1.165) is 6.42 Å². The number of nitrogens with one attached hydrogen (secondary N) is 2. The maximum atomic E-state index is 12.4. The number of amides is 2. The van der Waals surface area contributed by atoms with Gasteiger partial charge in [0, 0.05) is 17.9 Å². The predicted octanol–water partition coefficient (Wildman–Crippen LogP) is 2.18. The van der Waals surface area contributed by atoms with E-state index in [1.165, 1.54) is 13.0 Å². The van der Waals surface area contributed by atoms with E-state index in [-0.39, 0.29) is 11.5 Å². The highest BCUT2D eigenvalue weighted by Gasteiger charge is 2.34. The number of carboxylic acid groups (broad SMARTS) is 1. The lowest BCUT2D eigenvalue weighted by atomic mass is 9.95. The van der Waals surface area contributed by atoms with Gasteiger partial charge in [-0.05, 0) is 44.4 Å². The van der Waals surface area contributed by atoms with Crippen molar-refractivity contribution < 1.29 is 24.2 Å². The molecule has 1 aromatic rings. The van der Waals surface area contributed by atoms with Gasteiger partial charge in [-0.2, -0.15) is 0 Å². The summed E-state index contributed by atoms with van der Waals surface area (Å²) in [5, 5.41) is 14.7. The molecule has 0 aliphatic carbocycles. The van der Waals surface area contributed by atoms with Crippen LogP contribution in [0.25, 0.3) is 0 Å². The summed E-state index contributed by atoms with van der Waals surface area (Å²) in [6.45, 7) is 3.92. The Hall–Kier alpha value is -2.41. The van der Waals surface area contributed by atoms with Crippen molar-refractivity contribution in [2.75, 3.05) is 11.9 Å². The summed E-state index contributed by atoms with van der Waals surface area (Å²) < 4.78 is 5.33. The van der Waals surface area contributed by atoms with E-state index in [9.17, 15) is 19.5 Å². The monoisotopic (exact) mass is 348 g/mol. The van der Waals surface area contributed by atoms with Gasteiger partial charge >= 0.3 is 5.97 Å². The molecule has 1 fully saturated rings. The SMILES string of the molecule is CCCC(C)(NC(=O)c1cccc(NC(=O)C2CCCO2)c1)C(=O)O. The number of ether oxygens (including phenoxy) is 1. The highest BCUT2D eigenvalue weighted by Crippen LogP contribution is 2.18. The molecule has 1 saturated heterocycles. The molecular formula is C18H24N2O5. The first-order valence-corrected chi connectivity index (χ1v) is 8.44. The van der Waals surface area contributed by atoms with Crippen LogP contribution >= 0.6 is 0 Å². The standard InChI is InChI=1S/C18H24N2O5/c1-3-9-18(2,17(23)24)20-15(21)12-6-4-7-13(11-12)19-16(22)14-8-5-10-25-14/h4,6-7,11,14H,3,5,8-10H2,1-2H3,(H,19,22)(H,20,21)(H,23,24). The number of carbonyl (C=O) groups is 3. The van der Waals surface area contributed by atoms with Crippen LogP contribution < -0.4 is 10.6 Å². The first-order chi connectivity index (χ1) is 11.9. The molecule has 25 heavy (non-hydrogen) atoms. The van der Waals surface area contributed by atoms with Crippen molar-refractivity contribution >= 4 is 23.5 Å². The second-order valence-electron chi connectivity index (χ2n) is 6.41. The van der Waals surface area contributed by atoms with Crippen molar-refractivity contribution in [3.8, 4) is 0 Å². The summed E-state index contributed by atoms with van der Waals surface area (Å²) in [5.74, 6) is -1.81. The van der Waals surface area contributed by atoms with Gasteiger partial charge < -0.3 is 20.5 Å². The molecule has 0 saturated carbocycles. The van der Waals surface area contributed by atoms with Gasteiger partial charge in [0.05, 0.1) is 0 Å². The molecule has 1 aliphatic rings. The first kappa shape index (κ1) is 18.9. The molecule has 2 unspecified atom stereocenters. The summed E-state index contributed by atoms with van der Waals surface area (Å²) >= 11 is 0. The molecule has 0 bridgehead atoms. The Kier molecular flexibility index (Phi) is 6.14. The van der Waals surface area contributed by atoms with Crippen molar-refractivity contribution in [1.82, 2.24) is 5.32 Å². The molecule has 1 aromatic carbocycles. The van der Waals surface area contributed by atoms with E-state index >= 15 is 0 Å². The summed E-state index contributed by atoms with van der Waals surface area (Å²) in [4.78, 5) is 36.0. The molecule has 3 N–H and O–H groups in total. The maximum absolute atomic E-state index is 12.4.